The van der Waals surface area contributed by atoms with Crippen LogP contribution in [0, 0.1) is 0 Å². The molecule has 0 aliphatic rings. The predicted octanol–water partition coefficient (Wildman–Crippen LogP) is 14.0. The first-order valence-electron chi connectivity index (χ1n) is 18.6. The summed E-state index contributed by atoms with van der Waals surface area (Å²) in [4.78, 5) is 0. The first-order valence-corrected chi connectivity index (χ1v) is 18.6. The van der Waals surface area contributed by atoms with Gasteiger partial charge in [0.2, 0.25) is 0 Å². The van der Waals surface area contributed by atoms with Gasteiger partial charge in [0.15, 0.2) is 0 Å². The summed E-state index contributed by atoms with van der Waals surface area (Å²) in [5.41, 5.74) is 14.3. The van der Waals surface area contributed by atoms with Crippen LogP contribution in [-0.2, 0) is 0 Å². The summed E-state index contributed by atoms with van der Waals surface area (Å²) in [5.74, 6) is 0. The third-order valence-electron chi connectivity index (χ3n) is 11.1. The Morgan fingerprint density at radius 1 is 0.259 bits per heavy atom. The van der Waals surface area contributed by atoms with Crippen LogP contribution in [0.3, 0.4) is 0 Å². The monoisotopic (exact) mass is 686 g/mol. The summed E-state index contributed by atoms with van der Waals surface area (Å²) < 4.78 is 4.89. The number of fused-ring (bicyclic) bond motifs is 7. The summed E-state index contributed by atoms with van der Waals surface area (Å²) in [5, 5.41) is 7.50. The zero-order chi connectivity index (χ0) is 35.6. The van der Waals surface area contributed by atoms with E-state index in [1.54, 1.807) is 0 Å². The van der Waals surface area contributed by atoms with Crippen molar-refractivity contribution in [1.82, 2.24) is 9.13 Å². The molecule has 54 heavy (non-hydrogen) atoms. The predicted molar refractivity (Wildman–Crippen MR) is 229 cm³/mol. The lowest BCUT2D eigenvalue weighted by atomic mass is 9.99. The maximum absolute atomic E-state index is 2.46. The minimum absolute atomic E-state index is 1.15. The quantitative estimate of drug-likeness (QED) is 0.171. The second-order valence-electron chi connectivity index (χ2n) is 14.2. The van der Waals surface area contributed by atoms with Crippen molar-refractivity contribution < 1.29 is 0 Å². The Morgan fingerprint density at radius 3 is 1.56 bits per heavy atom. The van der Waals surface area contributed by atoms with Crippen LogP contribution in [0.2, 0.25) is 0 Å². The van der Waals surface area contributed by atoms with Crippen LogP contribution >= 0.6 is 0 Å². The van der Waals surface area contributed by atoms with Gasteiger partial charge in [-0.2, -0.15) is 0 Å². The molecule has 0 amide bonds. The standard InChI is InChI=1S/C52H34N2/c1-2-13-35(14-3-1)38-17-12-18-42(32-38)53-49-23-10-7-20-44(49)46-29-27-39(33-51(46)53)40-28-30-47-45-21-8-11-24-50(45)54(52(47)34-40)48-22-9-6-19-43(48)41-26-25-36-15-4-5-16-37(36)31-41/h1-34H. The molecule has 0 bridgehead atoms. The van der Waals surface area contributed by atoms with E-state index in [0.29, 0.717) is 0 Å². The van der Waals surface area contributed by atoms with Gasteiger partial charge < -0.3 is 9.13 Å². The molecule has 0 spiro atoms. The molecule has 2 aromatic heterocycles. The molecule has 0 unspecified atom stereocenters. The number of nitrogens with zero attached hydrogens (tertiary/aromatic N) is 2. The van der Waals surface area contributed by atoms with Crippen molar-refractivity contribution in [3.8, 4) is 44.8 Å². The van der Waals surface area contributed by atoms with E-state index >= 15 is 0 Å². The molecular formula is C52H34N2. The SMILES string of the molecule is c1ccc(-c2cccc(-n3c4ccccc4c4ccc(-c5ccc6c7ccccc7n(-c7ccccc7-c7ccc8ccccc8c7)c6c5)cc43)c2)cc1. The molecule has 2 heterocycles. The first kappa shape index (κ1) is 30.5. The van der Waals surface area contributed by atoms with Crippen molar-refractivity contribution in [2.24, 2.45) is 0 Å². The Bertz CT molecular complexity index is 3220. The smallest absolute Gasteiger partial charge is 0.0547 e. The van der Waals surface area contributed by atoms with Crippen molar-refractivity contribution in [3.05, 3.63) is 206 Å². The van der Waals surface area contributed by atoms with Crippen LogP contribution in [0.5, 0.6) is 0 Å². The van der Waals surface area contributed by atoms with Crippen LogP contribution in [-0.4, -0.2) is 9.13 Å². The zero-order valence-electron chi connectivity index (χ0n) is 29.5. The highest BCUT2D eigenvalue weighted by atomic mass is 15.0. The normalized spacial score (nSPS) is 11.7. The minimum atomic E-state index is 1.15. The highest BCUT2D eigenvalue weighted by Crippen LogP contribution is 2.40. The maximum Gasteiger partial charge on any atom is 0.0547 e. The van der Waals surface area contributed by atoms with Crippen LogP contribution in [0.1, 0.15) is 0 Å². The average Bonchev–Trinajstić information content (AvgIpc) is 3.76. The molecule has 0 saturated carbocycles. The first-order chi connectivity index (χ1) is 26.8. The average molecular weight is 687 g/mol. The van der Waals surface area contributed by atoms with E-state index in [1.807, 2.05) is 0 Å². The number of aromatic nitrogens is 2. The summed E-state index contributed by atoms with van der Waals surface area (Å²) in [7, 11) is 0. The van der Waals surface area contributed by atoms with Gasteiger partial charge in [0.1, 0.15) is 0 Å². The van der Waals surface area contributed by atoms with Gasteiger partial charge in [0, 0.05) is 32.8 Å². The zero-order valence-corrected chi connectivity index (χ0v) is 29.5. The molecular weight excluding hydrogens is 653 g/mol. The fraction of sp³-hybridized carbons (Fsp3) is 0. The molecule has 9 aromatic carbocycles. The molecule has 0 saturated heterocycles. The van der Waals surface area contributed by atoms with Gasteiger partial charge in [0.25, 0.3) is 0 Å². The Morgan fingerprint density at radius 2 is 0.796 bits per heavy atom. The number of hydrogen-bond acceptors (Lipinski definition) is 0. The molecule has 11 rings (SSSR count). The fourth-order valence-corrected chi connectivity index (χ4v) is 8.56. The third kappa shape index (κ3) is 4.81. The molecule has 0 N–H and O–H groups in total. The van der Waals surface area contributed by atoms with E-state index in [2.05, 4.69) is 215 Å². The topological polar surface area (TPSA) is 9.86 Å². The number of para-hydroxylation sites is 3. The van der Waals surface area contributed by atoms with Crippen LogP contribution in [0.4, 0.5) is 0 Å². The summed E-state index contributed by atoms with van der Waals surface area (Å²) in [6.45, 7) is 0. The van der Waals surface area contributed by atoms with Crippen LogP contribution in [0.25, 0.3) is 99.1 Å². The molecule has 0 fully saturated rings. The largest absolute Gasteiger partial charge is 0.309 e. The van der Waals surface area contributed by atoms with Gasteiger partial charge in [-0.3, -0.25) is 0 Å². The van der Waals surface area contributed by atoms with Crippen molar-refractivity contribution in [2.75, 3.05) is 0 Å². The van der Waals surface area contributed by atoms with Gasteiger partial charge in [-0.1, -0.05) is 158 Å². The van der Waals surface area contributed by atoms with Gasteiger partial charge in [-0.05, 0) is 87.1 Å². The summed E-state index contributed by atoms with van der Waals surface area (Å²) >= 11 is 0. The molecule has 2 nitrogen and oxygen atoms in total. The van der Waals surface area contributed by atoms with Crippen molar-refractivity contribution >= 4 is 54.4 Å². The van der Waals surface area contributed by atoms with Crippen molar-refractivity contribution in [2.45, 2.75) is 0 Å². The lowest BCUT2D eigenvalue weighted by Gasteiger charge is -2.15. The van der Waals surface area contributed by atoms with E-state index in [0.717, 1.165) is 5.69 Å². The number of benzene rings is 9. The fourth-order valence-electron chi connectivity index (χ4n) is 8.56. The summed E-state index contributed by atoms with van der Waals surface area (Å²) in [6.07, 6.45) is 0. The maximum atomic E-state index is 2.46. The van der Waals surface area contributed by atoms with Crippen LogP contribution < -0.4 is 0 Å². The Kier molecular flexibility index (Phi) is 6.90. The van der Waals surface area contributed by atoms with Gasteiger partial charge in [-0.15, -0.1) is 0 Å². The Balaban J connectivity index is 1.12. The third-order valence-corrected chi connectivity index (χ3v) is 11.1. The Hall–Kier alpha value is -7.16. The second-order valence-corrected chi connectivity index (χ2v) is 14.2. The van der Waals surface area contributed by atoms with E-state index < -0.39 is 0 Å². The highest BCUT2D eigenvalue weighted by Gasteiger charge is 2.18. The van der Waals surface area contributed by atoms with E-state index in [4.69, 9.17) is 0 Å². The van der Waals surface area contributed by atoms with Gasteiger partial charge in [-0.25, -0.2) is 0 Å². The molecule has 0 aliphatic heterocycles. The van der Waals surface area contributed by atoms with E-state index in [-0.39, 0.29) is 0 Å². The van der Waals surface area contributed by atoms with Crippen molar-refractivity contribution in [3.63, 3.8) is 0 Å². The molecule has 252 valence electrons. The number of rotatable bonds is 5. The lowest BCUT2D eigenvalue weighted by molar-refractivity contribution is 1.18. The molecule has 0 radical (unpaired) electrons. The van der Waals surface area contributed by atoms with Gasteiger partial charge >= 0.3 is 0 Å². The molecule has 0 aliphatic carbocycles. The minimum Gasteiger partial charge on any atom is -0.309 e. The molecule has 0 atom stereocenters. The number of hydrogen-bond donors (Lipinski definition) is 0. The van der Waals surface area contributed by atoms with E-state index in [9.17, 15) is 0 Å². The Labute approximate surface area is 313 Å². The van der Waals surface area contributed by atoms with Gasteiger partial charge in [0.05, 0.1) is 27.8 Å². The molecule has 11 aromatic rings. The highest BCUT2D eigenvalue weighted by molar-refractivity contribution is 6.12. The second kappa shape index (κ2) is 12.2. The summed E-state index contributed by atoms with van der Waals surface area (Å²) in [6, 6.07) is 75.3. The van der Waals surface area contributed by atoms with Crippen LogP contribution in [0.15, 0.2) is 206 Å². The lowest BCUT2D eigenvalue weighted by Crippen LogP contribution is -1.97. The van der Waals surface area contributed by atoms with Crippen molar-refractivity contribution in [1.29, 1.82) is 0 Å². The van der Waals surface area contributed by atoms with E-state index in [1.165, 1.54) is 93.5 Å². The molecule has 2 heteroatoms.